The van der Waals surface area contributed by atoms with E-state index in [1.807, 2.05) is 18.2 Å². The van der Waals surface area contributed by atoms with Crippen molar-refractivity contribution in [1.29, 1.82) is 0 Å². The molecule has 0 aromatic heterocycles. The van der Waals surface area contributed by atoms with Gasteiger partial charge in [0.25, 0.3) is 5.91 Å². The molecule has 6 nitrogen and oxygen atoms in total. The Morgan fingerprint density at radius 3 is 3.00 bits per heavy atom. The first-order valence-electron chi connectivity index (χ1n) is 8.68. The van der Waals surface area contributed by atoms with Gasteiger partial charge in [-0.25, -0.2) is 4.79 Å². The zero-order valence-corrected chi connectivity index (χ0v) is 14.7. The second-order valence-electron chi connectivity index (χ2n) is 6.92. The summed E-state index contributed by atoms with van der Waals surface area (Å²) in [6, 6.07) is 7.61. The van der Waals surface area contributed by atoms with Crippen LogP contribution in [0, 0.1) is 0 Å². The van der Waals surface area contributed by atoms with Crippen LogP contribution in [0.25, 0.3) is 0 Å². The molecule has 2 saturated heterocycles. The van der Waals surface area contributed by atoms with Gasteiger partial charge in [-0.1, -0.05) is 24.3 Å². The van der Waals surface area contributed by atoms with Crippen LogP contribution in [0.5, 0.6) is 0 Å². The van der Waals surface area contributed by atoms with Crippen molar-refractivity contribution in [3.63, 3.8) is 0 Å². The predicted molar refractivity (Wildman–Crippen MR) is 95.2 cm³/mol. The van der Waals surface area contributed by atoms with Gasteiger partial charge in [-0.3, -0.25) is 14.5 Å². The molecule has 1 spiro atoms. The number of fused-ring (bicyclic) bond motifs is 1. The van der Waals surface area contributed by atoms with E-state index in [9.17, 15) is 14.4 Å². The lowest BCUT2D eigenvalue weighted by Gasteiger charge is -2.27. The Bertz CT molecular complexity index is 730. The van der Waals surface area contributed by atoms with Crippen molar-refractivity contribution >= 4 is 29.6 Å². The average molecular weight is 359 g/mol. The molecule has 1 aliphatic carbocycles. The summed E-state index contributed by atoms with van der Waals surface area (Å²) in [5, 5.41) is 5.79. The molecule has 132 valence electrons. The largest absolute Gasteiger partial charge is 0.348 e. The van der Waals surface area contributed by atoms with Crippen molar-refractivity contribution < 1.29 is 14.4 Å². The van der Waals surface area contributed by atoms with Crippen LogP contribution in [0.4, 0.5) is 4.79 Å². The van der Waals surface area contributed by atoms with Gasteiger partial charge in [-0.15, -0.1) is 0 Å². The summed E-state index contributed by atoms with van der Waals surface area (Å²) in [5.41, 5.74) is 1.61. The van der Waals surface area contributed by atoms with Crippen molar-refractivity contribution in [3.8, 4) is 0 Å². The minimum absolute atomic E-state index is 0.0470. The fraction of sp³-hybridized carbons (Fsp3) is 0.500. The maximum absolute atomic E-state index is 12.6. The van der Waals surface area contributed by atoms with Gasteiger partial charge in [0, 0.05) is 5.75 Å². The van der Waals surface area contributed by atoms with Gasteiger partial charge < -0.3 is 10.6 Å². The molecule has 3 aliphatic rings. The molecular formula is C18H21N3O3S. The van der Waals surface area contributed by atoms with Gasteiger partial charge in [0.15, 0.2) is 0 Å². The zero-order chi connectivity index (χ0) is 17.4. The van der Waals surface area contributed by atoms with Crippen LogP contribution in [-0.2, 0) is 16.0 Å². The number of amides is 4. The first-order valence-corrected chi connectivity index (χ1v) is 9.84. The van der Waals surface area contributed by atoms with Gasteiger partial charge in [0.05, 0.1) is 6.04 Å². The number of thioether (sulfide) groups is 1. The molecule has 2 heterocycles. The molecule has 0 bridgehead atoms. The van der Waals surface area contributed by atoms with E-state index in [1.54, 1.807) is 11.8 Å². The van der Waals surface area contributed by atoms with Crippen molar-refractivity contribution in [1.82, 2.24) is 15.5 Å². The van der Waals surface area contributed by atoms with Gasteiger partial charge in [0.2, 0.25) is 5.91 Å². The van der Waals surface area contributed by atoms with Crippen molar-refractivity contribution in [2.24, 2.45) is 0 Å². The van der Waals surface area contributed by atoms with Crippen molar-refractivity contribution in [2.75, 3.05) is 18.1 Å². The molecule has 7 heteroatoms. The summed E-state index contributed by atoms with van der Waals surface area (Å²) in [6.45, 7) is -0.213. The number of hydrogen-bond acceptors (Lipinski definition) is 4. The number of hydrogen-bond donors (Lipinski definition) is 2. The number of carbonyl (C=O) groups excluding carboxylic acids is 3. The molecule has 4 rings (SSSR count). The second-order valence-corrected chi connectivity index (χ2v) is 8.02. The van der Waals surface area contributed by atoms with Crippen LogP contribution < -0.4 is 10.6 Å². The highest BCUT2D eigenvalue weighted by Gasteiger charge is 2.53. The highest BCUT2D eigenvalue weighted by molar-refractivity contribution is 7.99. The van der Waals surface area contributed by atoms with Crippen LogP contribution >= 0.6 is 11.8 Å². The highest BCUT2D eigenvalue weighted by atomic mass is 32.2. The quantitative estimate of drug-likeness (QED) is 0.804. The summed E-state index contributed by atoms with van der Waals surface area (Å²) in [5.74, 6) is 0.894. The lowest BCUT2D eigenvalue weighted by Crippen LogP contribution is -2.48. The smallest absolute Gasteiger partial charge is 0.325 e. The Morgan fingerprint density at radius 2 is 2.20 bits per heavy atom. The highest BCUT2D eigenvalue weighted by Crippen LogP contribution is 2.33. The zero-order valence-electron chi connectivity index (χ0n) is 13.9. The monoisotopic (exact) mass is 359 g/mol. The summed E-state index contributed by atoms with van der Waals surface area (Å²) in [4.78, 5) is 38.3. The second kappa shape index (κ2) is 6.37. The van der Waals surface area contributed by atoms with Gasteiger partial charge in [-0.2, -0.15) is 11.8 Å². The number of benzene rings is 1. The molecule has 0 radical (unpaired) electrons. The van der Waals surface area contributed by atoms with E-state index in [-0.39, 0.29) is 24.4 Å². The fourth-order valence-electron chi connectivity index (χ4n) is 3.94. The molecule has 1 aromatic carbocycles. The van der Waals surface area contributed by atoms with Crippen LogP contribution in [-0.4, -0.2) is 46.3 Å². The Morgan fingerprint density at radius 1 is 1.36 bits per heavy atom. The maximum atomic E-state index is 12.6. The minimum Gasteiger partial charge on any atom is -0.348 e. The van der Waals surface area contributed by atoms with E-state index in [4.69, 9.17) is 0 Å². The number of rotatable bonds is 3. The van der Waals surface area contributed by atoms with E-state index in [0.717, 1.165) is 35.5 Å². The fourth-order valence-corrected chi connectivity index (χ4v) is 5.27. The SMILES string of the molecule is O=C(CN1C(=O)N[C@@]2(CCSC2)C1=O)N[C@H]1CCCc2ccccc21. The van der Waals surface area contributed by atoms with Crippen LogP contribution in [0.15, 0.2) is 24.3 Å². The lowest BCUT2D eigenvalue weighted by atomic mass is 9.88. The van der Waals surface area contributed by atoms with E-state index in [1.165, 1.54) is 5.56 Å². The molecule has 0 saturated carbocycles. The molecule has 25 heavy (non-hydrogen) atoms. The Balaban J connectivity index is 1.43. The molecule has 2 atom stereocenters. The number of nitrogens with one attached hydrogen (secondary N) is 2. The number of carbonyl (C=O) groups is 3. The molecular weight excluding hydrogens is 338 g/mol. The molecule has 2 fully saturated rings. The van der Waals surface area contributed by atoms with E-state index in [0.29, 0.717) is 12.2 Å². The van der Waals surface area contributed by atoms with Crippen LogP contribution in [0.2, 0.25) is 0 Å². The third kappa shape index (κ3) is 2.90. The first-order chi connectivity index (χ1) is 12.1. The van der Waals surface area contributed by atoms with Gasteiger partial charge in [-0.05, 0) is 42.6 Å². The predicted octanol–water partition coefficient (Wildman–Crippen LogP) is 1.61. The van der Waals surface area contributed by atoms with E-state index >= 15 is 0 Å². The van der Waals surface area contributed by atoms with Gasteiger partial charge >= 0.3 is 6.03 Å². The van der Waals surface area contributed by atoms with Crippen molar-refractivity contribution in [3.05, 3.63) is 35.4 Å². The standard InChI is InChI=1S/C18H21N3O3S/c22-15(19-14-7-3-5-12-4-1-2-6-13(12)14)10-21-16(23)18(20-17(21)24)8-9-25-11-18/h1-2,4,6,14H,3,5,7-11H2,(H,19,22)(H,20,24)/t14-,18+/m0/s1. The summed E-state index contributed by atoms with van der Waals surface area (Å²) in [6.07, 6.45) is 3.56. The number of urea groups is 1. The van der Waals surface area contributed by atoms with E-state index in [2.05, 4.69) is 16.7 Å². The number of aryl methyl sites for hydroxylation is 1. The van der Waals surface area contributed by atoms with Crippen molar-refractivity contribution in [2.45, 2.75) is 37.3 Å². The summed E-state index contributed by atoms with van der Waals surface area (Å²) in [7, 11) is 0. The van der Waals surface area contributed by atoms with Crippen LogP contribution in [0.3, 0.4) is 0 Å². The lowest BCUT2D eigenvalue weighted by molar-refractivity contribution is -0.134. The molecule has 1 aromatic rings. The Labute approximate surface area is 150 Å². The first kappa shape index (κ1) is 16.4. The Hall–Kier alpha value is -2.02. The topological polar surface area (TPSA) is 78.5 Å². The third-order valence-electron chi connectivity index (χ3n) is 5.27. The average Bonchev–Trinajstić information content (AvgIpc) is 3.16. The normalized spacial score (nSPS) is 28.2. The minimum atomic E-state index is -0.792. The number of nitrogens with zero attached hydrogens (tertiary/aromatic N) is 1. The summed E-state index contributed by atoms with van der Waals surface area (Å²) < 4.78 is 0. The van der Waals surface area contributed by atoms with Gasteiger partial charge in [0.1, 0.15) is 12.1 Å². The molecule has 0 unspecified atom stereocenters. The van der Waals surface area contributed by atoms with E-state index < -0.39 is 11.6 Å². The van der Waals surface area contributed by atoms with Crippen LogP contribution in [0.1, 0.15) is 36.4 Å². The molecule has 2 N–H and O–H groups in total. The Kier molecular flexibility index (Phi) is 4.19. The molecule has 2 aliphatic heterocycles. The number of imide groups is 1. The molecule has 4 amide bonds. The maximum Gasteiger partial charge on any atom is 0.325 e. The third-order valence-corrected chi connectivity index (χ3v) is 6.46. The summed E-state index contributed by atoms with van der Waals surface area (Å²) >= 11 is 1.65.